The van der Waals surface area contributed by atoms with Crippen LogP contribution in [0.2, 0.25) is 0 Å². The van der Waals surface area contributed by atoms with E-state index in [-0.39, 0.29) is 5.04 Å². The summed E-state index contributed by atoms with van der Waals surface area (Å²) in [5, 5.41) is 8.42. The van der Waals surface area contributed by atoms with Gasteiger partial charge in [0, 0.05) is 11.8 Å². The highest BCUT2D eigenvalue weighted by molar-refractivity contribution is 8.05. The summed E-state index contributed by atoms with van der Waals surface area (Å²) in [5.41, 5.74) is 5.91. The van der Waals surface area contributed by atoms with E-state index in [9.17, 15) is 8.42 Å². The smallest absolute Gasteiger partial charge is 0.192 e. The van der Waals surface area contributed by atoms with Gasteiger partial charge in [-0.2, -0.15) is 10.2 Å². The summed E-state index contributed by atoms with van der Waals surface area (Å²) in [4.78, 5) is 0. The van der Waals surface area contributed by atoms with Crippen molar-refractivity contribution in [1.29, 1.82) is 0 Å². The number of fused-ring (bicyclic) bond motifs is 1. The standard InChI is InChI=1S/C14H16N4O2S/c1-9-4-6-11(7-5-9)12-8-15-18-10(2)14(21(3,19)20)17-16-13(12)18/h4-8,10,16H,1-3H3. The maximum absolute atomic E-state index is 11.7. The van der Waals surface area contributed by atoms with Crippen molar-refractivity contribution in [3.8, 4) is 11.1 Å². The second-order valence-electron chi connectivity index (χ2n) is 5.23. The van der Waals surface area contributed by atoms with Gasteiger partial charge in [0.1, 0.15) is 6.04 Å². The number of hydrogen-bond donors (Lipinski definition) is 1. The van der Waals surface area contributed by atoms with Gasteiger partial charge >= 0.3 is 0 Å². The van der Waals surface area contributed by atoms with Crippen LogP contribution in [0.25, 0.3) is 11.1 Å². The topological polar surface area (TPSA) is 76.3 Å². The summed E-state index contributed by atoms with van der Waals surface area (Å²) >= 11 is 0. The van der Waals surface area contributed by atoms with Crippen LogP contribution in [0, 0.1) is 6.92 Å². The number of aryl methyl sites for hydroxylation is 1. The third-order valence-corrected chi connectivity index (χ3v) is 4.73. The molecule has 1 unspecified atom stereocenters. The highest BCUT2D eigenvalue weighted by Gasteiger charge is 2.30. The highest BCUT2D eigenvalue weighted by Crippen LogP contribution is 2.33. The number of anilines is 1. The van der Waals surface area contributed by atoms with Crippen LogP contribution < -0.4 is 5.43 Å². The molecule has 7 heteroatoms. The Morgan fingerprint density at radius 3 is 2.52 bits per heavy atom. The van der Waals surface area contributed by atoms with Gasteiger partial charge in [-0.25, -0.2) is 13.1 Å². The van der Waals surface area contributed by atoms with Crippen molar-refractivity contribution < 1.29 is 8.42 Å². The first-order valence-corrected chi connectivity index (χ1v) is 8.45. The fraction of sp³-hybridized carbons (Fsp3) is 0.286. The first-order chi connectivity index (χ1) is 9.88. The van der Waals surface area contributed by atoms with Gasteiger partial charge in [-0.05, 0) is 19.4 Å². The number of hydrazone groups is 1. The van der Waals surface area contributed by atoms with E-state index in [1.54, 1.807) is 17.8 Å². The molecule has 1 aromatic heterocycles. The normalized spacial score (nSPS) is 17.9. The molecule has 0 amide bonds. The monoisotopic (exact) mass is 304 g/mol. The summed E-state index contributed by atoms with van der Waals surface area (Å²) in [6, 6.07) is 7.65. The number of benzene rings is 1. The number of nitrogens with one attached hydrogen (secondary N) is 1. The van der Waals surface area contributed by atoms with Crippen LogP contribution in [0.1, 0.15) is 18.5 Å². The quantitative estimate of drug-likeness (QED) is 0.876. The van der Waals surface area contributed by atoms with E-state index in [0.717, 1.165) is 17.4 Å². The van der Waals surface area contributed by atoms with Crippen LogP contribution in [-0.4, -0.2) is 29.5 Å². The van der Waals surface area contributed by atoms with Gasteiger partial charge in [0.25, 0.3) is 0 Å². The molecule has 0 bridgehead atoms. The molecule has 1 aliphatic rings. The van der Waals surface area contributed by atoms with Gasteiger partial charge in [0.15, 0.2) is 20.7 Å². The number of nitrogens with zero attached hydrogens (tertiary/aromatic N) is 3. The second kappa shape index (κ2) is 4.70. The lowest BCUT2D eigenvalue weighted by atomic mass is 10.1. The minimum Gasteiger partial charge on any atom is -0.260 e. The molecule has 110 valence electrons. The Morgan fingerprint density at radius 2 is 1.90 bits per heavy atom. The first kappa shape index (κ1) is 13.8. The largest absolute Gasteiger partial charge is 0.260 e. The van der Waals surface area contributed by atoms with Gasteiger partial charge in [0.05, 0.1) is 6.20 Å². The maximum atomic E-state index is 11.7. The van der Waals surface area contributed by atoms with Gasteiger partial charge < -0.3 is 0 Å². The fourth-order valence-electron chi connectivity index (χ4n) is 2.41. The minimum atomic E-state index is -3.35. The van der Waals surface area contributed by atoms with E-state index < -0.39 is 15.9 Å². The average molecular weight is 304 g/mol. The van der Waals surface area contributed by atoms with E-state index in [0.29, 0.717) is 5.82 Å². The van der Waals surface area contributed by atoms with Crippen LogP contribution in [-0.2, 0) is 9.84 Å². The molecule has 1 aliphatic heterocycles. The van der Waals surface area contributed by atoms with E-state index in [1.807, 2.05) is 31.2 Å². The van der Waals surface area contributed by atoms with Crippen LogP contribution >= 0.6 is 0 Å². The Labute approximate surface area is 123 Å². The molecule has 21 heavy (non-hydrogen) atoms. The predicted molar refractivity (Wildman–Crippen MR) is 83.0 cm³/mol. The van der Waals surface area contributed by atoms with Crippen molar-refractivity contribution >= 4 is 20.7 Å². The van der Waals surface area contributed by atoms with Crippen molar-refractivity contribution in [2.45, 2.75) is 19.9 Å². The van der Waals surface area contributed by atoms with Gasteiger partial charge in [-0.15, -0.1) is 0 Å². The van der Waals surface area contributed by atoms with E-state index >= 15 is 0 Å². The fourth-order valence-corrected chi connectivity index (χ4v) is 3.34. The lowest BCUT2D eigenvalue weighted by Crippen LogP contribution is -2.30. The van der Waals surface area contributed by atoms with Crippen LogP contribution in [0.3, 0.4) is 0 Å². The molecule has 6 nitrogen and oxygen atoms in total. The molecule has 1 N–H and O–H groups in total. The Hall–Kier alpha value is -2.15. The Morgan fingerprint density at radius 1 is 1.24 bits per heavy atom. The zero-order chi connectivity index (χ0) is 15.2. The van der Waals surface area contributed by atoms with E-state index in [2.05, 4.69) is 15.6 Å². The molecule has 0 radical (unpaired) electrons. The molecule has 2 heterocycles. The molecule has 2 aromatic rings. The van der Waals surface area contributed by atoms with Crippen molar-refractivity contribution in [2.24, 2.45) is 5.10 Å². The molecule has 1 atom stereocenters. The van der Waals surface area contributed by atoms with Crippen LogP contribution in [0.15, 0.2) is 35.6 Å². The summed E-state index contributed by atoms with van der Waals surface area (Å²) in [5.74, 6) is 0.707. The minimum absolute atomic E-state index is 0.0913. The number of hydrogen-bond acceptors (Lipinski definition) is 5. The van der Waals surface area contributed by atoms with E-state index in [4.69, 9.17) is 0 Å². The van der Waals surface area contributed by atoms with Crippen molar-refractivity contribution in [2.75, 3.05) is 11.7 Å². The lowest BCUT2D eigenvalue weighted by Gasteiger charge is -2.22. The summed E-state index contributed by atoms with van der Waals surface area (Å²) in [7, 11) is -3.35. The molecular weight excluding hydrogens is 288 g/mol. The molecule has 1 aromatic carbocycles. The van der Waals surface area contributed by atoms with Crippen molar-refractivity contribution in [1.82, 2.24) is 9.78 Å². The maximum Gasteiger partial charge on any atom is 0.192 e. The zero-order valence-corrected chi connectivity index (χ0v) is 12.8. The van der Waals surface area contributed by atoms with Gasteiger partial charge in [-0.3, -0.25) is 5.43 Å². The lowest BCUT2D eigenvalue weighted by molar-refractivity contribution is 0.588. The first-order valence-electron chi connectivity index (χ1n) is 6.56. The number of sulfone groups is 1. The van der Waals surface area contributed by atoms with Crippen LogP contribution in [0.4, 0.5) is 5.82 Å². The molecule has 3 rings (SSSR count). The number of rotatable bonds is 1. The molecule has 0 saturated heterocycles. The number of aromatic nitrogens is 2. The van der Waals surface area contributed by atoms with Crippen molar-refractivity contribution in [3.63, 3.8) is 0 Å². The second-order valence-corrected chi connectivity index (χ2v) is 7.19. The Kier molecular flexibility index (Phi) is 3.09. The van der Waals surface area contributed by atoms with E-state index in [1.165, 1.54) is 5.56 Å². The average Bonchev–Trinajstić information content (AvgIpc) is 2.83. The van der Waals surface area contributed by atoms with Crippen LogP contribution in [0.5, 0.6) is 0 Å². The molecule has 0 aliphatic carbocycles. The van der Waals surface area contributed by atoms with Gasteiger partial charge in [0.2, 0.25) is 0 Å². The summed E-state index contributed by atoms with van der Waals surface area (Å²) in [6.07, 6.45) is 2.88. The predicted octanol–water partition coefficient (Wildman–Crippen LogP) is 2.20. The highest BCUT2D eigenvalue weighted by atomic mass is 32.2. The Bertz CT molecular complexity index is 819. The molecular formula is C14H16N4O2S. The summed E-state index contributed by atoms with van der Waals surface area (Å²) in [6.45, 7) is 3.80. The third kappa shape index (κ3) is 2.33. The summed E-state index contributed by atoms with van der Waals surface area (Å²) < 4.78 is 25.1. The SMILES string of the molecule is Cc1ccc(-c2cnn3c2NN=C(S(C)(=O)=O)C3C)cc1. The molecule has 0 fully saturated rings. The molecule has 0 saturated carbocycles. The zero-order valence-electron chi connectivity index (χ0n) is 12.0. The molecule has 0 spiro atoms. The third-order valence-electron chi connectivity index (χ3n) is 3.53. The Balaban J connectivity index is 2.06. The van der Waals surface area contributed by atoms with Gasteiger partial charge in [-0.1, -0.05) is 29.8 Å². The van der Waals surface area contributed by atoms with Crippen molar-refractivity contribution in [3.05, 3.63) is 36.0 Å².